The SMILES string of the molecule is CC(C)c1ccc2cc(C(=O)N3C[C@@H](O)[C@H](O)C3)[nH]c2c1. The molecule has 3 rings (SSSR count). The summed E-state index contributed by atoms with van der Waals surface area (Å²) in [4.78, 5) is 17.0. The van der Waals surface area contributed by atoms with E-state index in [-0.39, 0.29) is 19.0 Å². The van der Waals surface area contributed by atoms with Crippen LogP contribution in [0.4, 0.5) is 0 Å². The van der Waals surface area contributed by atoms with Gasteiger partial charge in [0.2, 0.25) is 0 Å². The van der Waals surface area contributed by atoms with Gasteiger partial charge in [0.25, 0.3) is 5.91 Å². The van der Waals surface area contributed by atoms with Gasteiger partial charge in [0.05, 0.1) is 12.2 Å². The Morgan fingerprint density at radius 2 is 1.90 bits per heavy atom. The van der Waals surface area contributed by atoms with Crippen molar-refractivity contribution < 1.29 is 15.0 Å². The van der Waals surface area contributed by atoms with Crippen molar-refractivity contribution in [2.24, 2.45) is 0 Å². The number of benzene rings is 1. The minimum Gasteiger partial charge on any atom is -0.388 e. The largest absolute Gasteiger partial charge is 0.388 e. The monoisotopic (exact) mass is 288 g/mol. The van der Waals surface area contributed by atoms with Crippen molar-refractivity contribution in [1.82, 2.24) is 9.88 Å². The molecule has 112 valence electrons. The third-order valence-corrected chi connectivity index (χ3v) is 4.09. The first kappa shape index (κ1) is 14.1. The molecule has 21 heavy (non-hydrogen) atoms. The quantitative estimate of drug-likeness (QED) is 0.783. The second kappa shape index (κ2) is 5.16. The molecule has 1 aliphatic heterocycles. The smallest absolute Gasteiger partial charge is 0.270 e. The van der Waals surface area contributed by atoms with Gasteiger partial charge < -0.3 is 20.1 Å². The number of aliphatic hydroxyl groups is 2. The van der Waals surface area contributed by atoms with Crippen LogP contribution in [0.1, 0.15) is 35.8 Å². The van der Waals surface area contributed by atoms with Crippen LogP contribution in [0.15, 0.2) is 24.3 Å². The number of H-pyrrole nitrogens is 1. The molecule has 1 fully saturated rings. The Labute approximate surface area is 123 Å². The molecule has 1 amide bonds. The van der Waals surface area contributed by atoms with E-state index in [4.69, 9.17) is 0 Å². The molecule has 2 atom stereocenters. The molecule has 1 aromatic carbocycles. The first-order valence-corrected chi connectivity index (χ1v) is 7.24. The lowest BCUT2D eigenvalue weighted by atomic mass is 10.0. The van der Waals surface area contributed by atoms with Crippen molar-refractivity contribution in [1.29, 1.82) is 0 Å². The maximum absolute atomic E-state index is 12.4. The first-order valence-electron chi connectivity index (χ1n) is 7.24. The average Bonchev–Trinajstić information content (AvgIpc) is 3.01. The van der Waals surface area contributed by atoms with Gasteiger partial charge in [-0.3, -0.25) is 4.79 Å². The molecular weight excluding hydrogens is 268 g/mol. The molecule has 0 spiro atoms. The second-order valence-electron chi connectivity index (χ2n) is 6.03. The van der Waals surface area contributed by atoms with Crippen LogP contribution in [0.2, 0.25) is 0 Å². The molecule has 0 saturated carbocycles. The lowest BCUT2D eigenvalue weighted by Gasteiger charge is -2.13. The van der Waals surface area contributed by atoms with E-state index in [0.29, 0.717) is 11.6 Å². The standard InChI is InChI=1S/C16H20N2O3/c1-9(2)10-3-4-11-6-13(17-12(11)5-10)16(21)18-7-14(19)15(20)8-18/h3-6,9,14-15,17,19-20H,7-8H2,1-2H3/t14-,15-/m1/s1. The van der Waals surface area contributed by atoms with Crippen LogP contribution in [-0.4, -0.2) is 51.3 Å². The molecule has 0 bridgehead atoms. The predicted octanol–water partition coefficient (Wildman–Crippen LogP) is 1.47. The van der Waals surface area contributed by atoms with E-state index in [1.165, 1.54) is 10.5 Å². The molecule has 2 heterocycles. The summed E-state index contributed by atoms with van der Waals surface area (Å²) in [6.07, 6.45) is -1.71. The van der Waals surface area contributed by atoms with Crippen molar-refractivity contribution in [3.63, 3.8) is 0 Å². The van der Waals surface area contributed by atoms with Crippen molar-refractivity contribution in [2.45, 2.75) is 32.0 Å². The number of nitrogens with one attached hydrogen (secondary N) is 1. The minimum absolute atomic E-state index is 0.173. The van der Waals surface area contributed by atoms with Gasteiger partial charge in [0.1, 0.15) is 5.69 Å². The van der Waals surface area contributed by atoms with Crippen LogP contribution in [0, 0.1) is 0 Å². The van der Waals surface area contributed by atoms with Gasteiger partial charge >= 0.3 is 0 Å². The number of carbonyl (C=O) groups excluding carboxylic acids is 1. The van der Waals surface area contributed by atoms with Gasteiger partial charge in [-0.05, 0) is 23.6 Å². The fraction of sp³-hybridized carbons (Fsp3) is 0.438. The lowest BCUT2D eigenvalue weighted by molar-refractivity contribution is 0.0572. The van der Waals surface area contributed by atoms with Crippen LogP contribution < -0.4 is 0 Å². The fourth-order valence-electron chi connectivity index (χ4n) is 2.72. The summed E-state index contributed by atoms with van der Waals surface area (Å²) in [5, 5.41) is 20.1. The van der Waals surface area contributed by atoms with Gasteiger partial charge in [-0.1, -0.05) is 26.0 Å². The molecule has 5 heteroatoms. The topological polar surface area (TPSA) is 76.6 Å². The zero-order valence-electron chi connectivity index (χ0n) is 12.2. The Hall–Kier alpha value is -1.85. The van der Waals surface area contributed by atoms with E-state index < -0.39 is 12.2 Å². The van der Waals surface area contributed by atoms with E-state index in [2.05, 4.69) is 31.0 Å². The van der Waals surface area contributed by atoms with E-state index >= 15 is 0 Å². The molecule has 1 aliphatic rings. The average molecular weight is 288 g/mol. The van der Waals surface area contributed by atoms with Crippen LogP contribution >= 0.6 is 0 Å². The van der Waals surface area contributed by atoms with E-state index in [9.17, 15) is 15.0 Å². The zero-order valence-corrected chi connectivity index (χ0v) is 12.2. The Morgan fingerprint density at radius 1 is 1.24 bits per heavy atom. The van der Waals surface area contributed by atoms with Gasteiger partial charge in [-0.25, -0.2) is 0 Å². The van der Waals surface area contributed by atoms with E-state index in [1.807, 2.05) is 12.1 Å². The highest BCUT2D eigenvalue weighted by atomic mass is 16.3. The lowest BCUT2D eigenvalue weighted by Crippen LogP contribution is -2.30. The summed E-state index contributed by atoms with van der Waals surface area (Å²) in [5.41, 5.74) is 2.65. The highest BCUT2D eigenvalue weighted by Crippen LogP contribution is 2.23. The van der Waals surface area contributed by atoms with Crippen molar-refractivity contribution in [3.05, 3.63) is 35.5 Å². The number of aromatic amines is 1. The molecule has 3 N–H and O–H groups in total. The summed E-state index contributed by atoms with van der Waals surface area (Å²) in [7, 11) is 0. The number of aliphatic hydroxyl groups excluding tert-OH is 2. The molecule has 0 aliphatic carbocycles. The predicted molar refractivity (Wildman–Crippen MR) is 80.3 cm³/mol. The molecular formula is C16H20N2O3. The maximum Gasteiger partial charge on any atom is 0.270 e. The summed E-state index contributed by atoms with van der Waals surface area (Å²) < 4.78 is 0. The number of likely N-dealkylation sites (tertiary alicyclic amines) is 1. The third kappa shape index (κ3) is 2.54. The molecule has 1 aromatic heterocycles. The number of fused-ring (bicyclic) bond motifs is 1. The maximum atomic E-state index is 12.4. The highest BCUT2D eigenvalue weighted by Gasteiger charge is 2.33. The molecule has 0 unspecified atom stereocenters. The second-order valence-corrected chi connectivity index (χ2v) is 6.03. The van der Waals surface area contributed by atoms with Gasteiger partial charge in [0.15, 0.2) is 0 Å². The first-order chi connectivity index (χ1) is 9.95. The number of carbonyl (C=O) groups is 1. The Morgan fingerprint density at radius 3 is 2.52 bits per heavy atom. The van der Waals surface area contributed by atoms with E-state index in [1.54, 1.807) is 0 Å². The molecule has 1 saturated heterocycles. The number of hydrogen-bond acceptors (Lipinski definition) is 3. The Kier molecular flexibility index (Phi) is 3.47. The molecule has 5 nitrogen and oxygen atoms in total. The summed E-state index contributed by atoms with van der Waals surface area (Å²) >= 11 is 0. The van der Waals surface area contributed by atoms with Crippen molar-refractivity contribution >= 4 is 16.8 Å². The summed E-state index contributed by atoms with van der Waals surface area (Å²) in [5.74, 6) is 0.244. The van der Waals surface area contributed by atoms with Gasteiger partial charge in [0, 0.05) is 24.0 Å². The van der Waals surface area contributed by atoms with Crippen molar-refractivity contribution in [2.75, 3.05) is 13.1 Å². The van der Waals surface area contributed by atoms with Gasteiger partial charge in [-0.15, -0.1) is 0 Å². The Balaban J connectivity index is 1.89. The number of aromatic nitrogens is 1. The van der Waals surface area contributed by atoms with Crippen LogP contribution in [-0.2, 0) is 0 Å². The molecule has 2 aromatic rings. The normalized spacial score (nSPS) is 22.4. The zero-order chi connectivity index (χ0) is 15.1. The third-order valence-electron chi connectivity index (χ3n) is 4.09. The number of β-amino-alcohol motifs (C(OH)–C–C–N with tert-alkyl or cyclic N) is 2. The number of amides is 1. The Bertz CT molecular complexity index is 667. The summed E-state index contributed by atoms with van der Waals surface area (Å²) in [6, 6.07) is 7.95. The minimum atomic E-state index is -0.856. The number of hydrogen-bond donors (Lipinski definition) is 3. The summed E-state index contributed by atoms with van der Waals surface area (Å²) in [6.45, 7) is 4.60. The van der Waals surface area contributed by atoms with Gasteiger partial charge in [-0.2, -0.15) is 0 Å². The number of rotatable bonds is 2. The van der Waals surface area contributed by atoms with Crippen molar-refractivity contribution in [3.8, 4) is 0 Å². The number of nitrogens with zero attached hydrogens (tertiary/aromatic N) is 1. The van der Waals surface area contributed by atoms with E-state index in [0.717, 1.165) is 10.9 Å². The van der Waals surface area contributed by atoms with Crippen LogP contribution in [0.3, 0.4) is 0 Å². The highest BCUT2D eigenvalue weighted by molar-refractivity contribution is 5.98. The van der Waals surface area contributed by atoms with Crippen LogP contribution in [0.5, 0.6) is 0 Å². The van der Waals surface area contributed by atoms with Crippen LogP contribution in [0.25, 0.3) is 10.9 Å². The fourth-order valence-corrected chi connectivity index (χ4v) is 2.72. The molecule has 0 radical (unpaired) electrons.